The van der Waals surface area contributed by atoms with Crippen molar-refractivity contribution in [3.63, 3.8) is 0 Å². The summed E-state index contributed by atoms with van der Waals surface area (Å²) in [5.74, 6) is 1.08. The van der Waals surface area contributed by atoms with Crippen LogP contribution in [0.1, 0.15) is 17.7 Å². The van der Waals surface area contributed by atoms with E-state index in [-0.39, 0.29) is 5.91 Å². The molecule has 0 radical (unpaired) electrons. The fraction of sp³-hybridized carbons (Fsp3) is 0.455. The van der Waals surface area contributed by atoms with E-state index in [2.05, 4.69) is 21.8 Å². The smallest absolute Gasteiger partial charge is 0.225 e. The van der Waals surface area contributed by atoms with Crippen molar-refractivity contribution >= 4 is 34.2 Å². The van der Waals surface area contributed by atoms with E-state index < -0.39 is 0 Å². The minimum atomic E-state index is 0.0877. The zero-order valence-corrected chi connectivity index (χ0v) is 10.6. The van der Waals surface area contributed by atoms with E-state index in [9.17, 15) is 4.79 Å². The largest absolute Gasteiger partial charge is 0.305 e. The molecule has 0 aromatic carbocycles. The van der Waals surface area contributed by atoms with Gasteiger partial charge >= 0.3 is 0 Å². The second-order valence-corrected chi connectivity index (χ2v) is 5.63. The van der Waals surface area contributed by atoms with Gasteiger partial charge in [0.05, 0.1) is 6.54 Å². The van der Waals surface area contributed by atoms with Gasteiger partial charge in [0.15, 0.2) is 5.17 Å². The van der Waals surface area contributed by atoms with Crippen LogP contribution < -0.4 is 5.32 Å². The number of thiophene rings is 1. The highest BCUT2D eigenvalue weighted by Crippen LogP contribution is 2.12. The Hall–Kier alpha value is -0.810. The third kappa shape index (κ3) is 3.64. The lowest BCUT2D eigenvalue weighted by Gasteiger charge is -2.02. The number of hydrogen-bond acceptors (Lipinski definition) is 4. The molecular weight excluding hydrogens is 240 g/mol. The Bertz CT molecular complexity index is 373. The molecular formula is C11H14N2OS2. The van der Waals surface area contributed by atoms with Crippen LogP contribution in [0.25, 0.3) is 0 Å². The predicted octanol–water partition coefficient (Wildman–Crippen LogP) is 2.29. The van der Waals surface area contributed by atoms with Crippen molar-refractivity contribution in [1.29, 1.82) is 0 Å². The van der Waals surface area contributed by atoms with Crippen LogP contribution in [0, 0.1) is 0 Å². The van der Waals surface area contributed by atoms with Crippen molar-refractivity contribution in [3.05, 3.63) is 22.4 Å². The van der Waals surface area contributed by atoms with E-state index in [4.69, 9.17) is 0 Å². The molecule has 1 aliphatic rings. The molecule has 3 nitrogen and oxygen atoms in total. The van der Waals surface area contributed by atoms with Crippen molar-refractivity contribution in [2.45, 2.75) is 19.3 Å². The molecule has 0 bridgehead atoms. The third-order valence-corrected chi connectivity index (χ3v) is 4.07. The van der Waals surface area contributed by atoms with Crippen molar-refractivity contribution in [3.8, 4) is 0 Å². The number of amidine groups is 1. The van der Waals surface area contributed by atoms with E-state index in [1.165, 1.54) is 4.88 Å². The standard InChI is InChI=1S/C11H14N2OS2/c14-10(13-11-12-6-8-16-11)5-1-3-9-4-2-7-15-9/h2,4,7H,1,3,5-6,8H2,(H,12,13,14). The van der Waals surface area contributed by atoms with Gasteiger partial charge in [-0.05, 0) is 24.3 Å². The Balaban J connectivity index is 1.64. The van der Waals surface area contributed by atoms with Crippen LogP contribution in [-0.4, -0.2) is 23.4 Å². The Labute approximate surface area is 103 Å². The maximum atomic E-state index is 11.5. The molecule has 5 heteroatoms. The van der Waals surface area contributed by atoms with Crippen LogP contribution >= 0.6 is 23.1 Å². The first-order valence-corrected chi connectivity index (χ1v) is 7.20. The number of amides is 1. The number of aliphatic imine (C=N–C) groups is 1. The highest BCUT2D eigenvalue weighted by atomic mass is 32.2. The second-order valence-electron chi connectivity index (χ2n) is 3.52. The Morgan fingerprint density at radius 3 is 3.19 bits per heavy atom. The van der Waals surface area contributed by atoms with Gasteiger partial charge in [-0.1, -0.05) is 17.8 Å². The number of nitrogens with zero attached hydrogens (tertiary/aromatic N) is 1. The van der Waals surface area contributed by atoms with E-state index >= 15 is 0 Å². The molecule has 1 aliphatic heterocycles. The fourth-order valence-corrected chi connectivity index (χ4v) is 2.97. The SMILES string of the molecule is O=C(CCCc1cccs1)NC1=NCCS1. The molecule has 0 unspecified atom stereocenters. The van der Waals surface area contributed by atoms with Crippen LogP contribution in [0.3, 0.4) is 0 Å². The van der Waals surface area contributed by atoms with Gasteiger partial charge in [-0.2, -0.15) is 0 Å². The molecule has 86 valence electrons. The summed E-state index contributed by atoms with van der Waals surface area (Å²) in [5, 5.41) is 5.70. The van der Waals surface area contributed by atoms with Crippen molar-refractivity contribution in [2.75, 3.05) is 12.3 Å². The molecule has 2 rings (SSSR count). The zero-order chi connectivity index (χ0) is 11.2. The predicted molar refractivity (Wildman–Crippen MR) is 70.2 cm³/mol. The van der Waals surface area contributed by atoms with Crippen LogP contribution in [0.5, 0.6) is 0 Å². The lowest BCUT2D eigenvalue weighted by molar-refractivity contribution is -0.119. The molecule has 0 saturated carbocycles. The van der Waals surface area contributed by atoms with Gasteiger partial charge in [0.25, 0.3) is 0 Å². The molecule has 1 aromatic rings. The fourth-order valence-electron chi connectivity index (χ4n) is 1.47. The second kappa shape index (κ2) is 6.06. The van der Waals surface area contributed by atoms with Crippen molar-refractivity contribution in [2.24, 2.45) is 4.99 Å². The molecule has 1 aromatic heterocycles. The van der Waals surface area contributed by atoms with Crippen LogP contribution in [-0.2, 0) is 11.2 Å². The minimum Gasteiger partial charge on any atom is -0.305 e. The first-order valence-electron chi connectivity index (χ1n) is 5.34. The molecule has 1 N–H and O–H groups in total. The lowest BCUT2D eigenvalue weighted by atomic mass is 10.2. The minimum absolute atomic E-state index is 0.0877. The number of nitrogens with one attached hydrogen (secondary N) is 1. The molecule has 0 saturated heterocycles. The summed E-state index contributed by atoms with van der Waals surface area (Å²) >= 11 is 3.37. The van der Waals surface area contributed by atoms with Gasteiger partial charge in [-0.25, -0.2) is 0 Å². The van der Waals surface area contributed by atoms with Crippen molar-refractivity contribution in [1.82, 2.24) is 5.32 Å². The van der Waals surface area contributed by atoms with E-state index in [0.717, 1.165) is 30.3 Å². The first kappa shape index (κ1) is 11.7. The average molecular weight is 254 g/mol. The number of carbonyl (C=O) groups excluding carboxylic acids is 1. The van der Waals surface area contributed by atoms with E-state index in [0.29, 0.717) is 6.42 Å². The van der Waals surface area contributed by atoms with Gasteiger partial charge in [0, 0.05) is 17.1 Å². The van der Waals surface area contributed by atoms with E-state index in [1.807, 2.05) is 6.07 Å². The van der Waals surface area contributed by atoms with Crippen LogP contribution in [0.4, 0.5) is 0 Å². The zero-order valence-electron chi connectivity index (χ0n) is 8.94. The maximum Gasteiger partial charge on any atom is 0.225 e. The number of rotatable bonds is 4. The van der Waals surface area contributed by atoms with Gasteiger partial charge in [0.2, 0.25) is 5.91 Å². The summed E-state index contributed by atoms with van der Waals surface area (Å²) in [6.07, 6.45) is 2.48. The van der Waals surface area contributed by atoms with E-state index in [1.54, 1.807) is 23.1 Å². The van der Waals surface area contributed by atoms with Crippen LogP contribution in [0.2, 0.25) is 0 Å². The summed E-state index contributed by atoms with van der Waals surface area (Å²) in [4.78, 5) is 17.1. The number of hydrogen-bond donors (Lipinski definition) is 1. The number of thioether (sulfide) groups is 1. The Kier molecular flexibility index (Phi) is 4.42. The first-order chi connectivity index (χ1) is 7.84. The molecule has 0 spiro atoms. The van der Waals surface area contributed by atoms with Crippen molar-refractivity contribution < 1.29 is 4.79 Å². The quantitative estimate of drug-likeness (QED) is 0.895. The average Bonchev–Trinajstić information content (AvgIpc) is 2.90. The highest BCUT2D eigenvalue weighted by Gasteiger charge is 2.10. The van der Waals surface area contributed by atoms with Gasteiger partial charge < -0.3 is 5.32 Å². The maximum absolute atomic E-state index is 11.5. The Morgan fingerprint density at radius 2 is 2.50 bits per heavy atom. The van der Waals surface area contributed by atoms with Gasteiger partial charge in [0.1, 0.15) is 0 Å². The van der Waals surface area contributed by atoms with Gasteiger partial charge in [-0.3, -0.25) is 9.79 Å². The third-order valence-electron chi connectivity index (χ3n) is 2.24. The highest BCUT2D eigenvalue weighted by molar-refractivity contribution is 8.14. The topological polar surface area (TPSA) is 41.5 Å². The molecule has 16 heavy (non-hydrogen) atoms. The van der Waals surface area contributed by atoms with Gasteiger partial charge in [-0.15, -0.1) is 11.3 Å². The summed E-state index contributed by atoms with van der Waals surface area (Å²) < 4.78 is 0. The number of aryl methyl sites for hydroxylation is 1. The molecule has 0 aliphatic carbocycles. The monoisotopic (exact) mass is 254 g/mol. The Morgan fingerprint density at radius 1 is 1.56 bits per heavy atom. The summed E-state index contributed by atoms with van der Waals surface area (Å²) in [5.41, 5.74) is 0. The summed E-state index contributed by atoms with van der Waals surface area (Å²) in [6, 6.07) is 4.16. The van der Waals surface area contributed by atoms with Crippen LogP contribution in [0.15, 0.2) is 22.5 Å². The summed E-state index contributed by atoms with van der Waals surface area (Å²) in [7, 11) is 0. The normalized spacial score (nSPS) is 14.9. The molecule has 0 fully saturated rings. The molecule has 2 heterocycles. The molecule has 1 amide bonds. The number of carbonyl (C=O) groups is 1. The summed E-state index contributed by atoms with van der Waals surface area (Å²) in [6.45, 7) is 0.829. The molecule has 0 atom stereocenters. The lowest BCUT2D eigenvalue weighted by Crippen LogP contribution is -2.27.